The minimum Gasteiger partial charge on any atom is -0.342 e. The largest absolute Gasteiger partial charge is 0.342 e. The number of aromatic nitrogens is 2. The molecule has 4 nitrogen and oxygen atoms in total. The average molecular weight is 321 g/mol. The number of rotatable bonds is 4. The van der Waals surface area contributed by atoms with Crippen LogP contribution in [0.25, 0.3) is 0 Å². The Hall–Kier alpha value is -2.44. The number of hydrogen-bond acceptors (Lipinski definition) is 3. The van der Waals surface area contributed by atoms with E-state index in [1.165, 1.54) is 0 Å². The number of nitrogens with zero attached hydrogens (tertiary/aromatic N) is 2. The lowest BCUT2D eigenvalue weighted by atomic mass is 10.1. The first-order chi connectivity index (χ1) is 11.0. The molecule has 1 amide bonds. The lowest BCUT2D eigenvalue weighted by Gasteiger charge is -2.17. The SMILES string of the molecule is Cc1ccnc(C(NC(=O)c2cc(F)c(F)cc2F)C2CC2)n1. The van der Waals surface area contributed by atoms with Gasteiger partial charge in [-0.15, -0.1) is 0 Å². The minimum absolute atomic E-state index is 0.161. The Balaban J connectivity index is 1.86. The van der Waals surface area contributed by atoms with Gasteiger partial charge in [-0.1, -0.05) is 0 Å². The summed E-state index contributed by atoms with van der Waals surface area (Å²) in [6.45, 7) is 1.80. The molecule has 1 unspecified atom stereocenters. The summed E-state index contributed by atoms with van der Waals surface area (Å²) < 4.78 is 39.9. The van der Waals surface area contributed by atoms with Crippen molar-refractivity contribution in [1.82, 2.24) is 15.3 Å². The molecule has 23 heavy (non-hydrogen) atoms. The molecule has 1 atom stereocenters. The molecule has 0 saturated heterocycles. The van der Waals surface area contributed by atoms with Crippen molar-refractivity contribution in [3.05, 3.63) is 58.9 Å². The normalized spacial score (nSPS) is 15.3. The van der Waals surface area contributed by atoms with E-state index < -0.39 is 35.0 Å². The fourth-order valence-corrected chi connectivity index (χ4v) is 2.36. The van der Waals surface area contributed by atoms with Crippen molar-refractivity contribution in [1.29, 1.82) is 0 Å². The summed E-state index contributed by atoms with van der Waals surface area (Å²) in [5, 5.41) is 2.63. The van der Waals surface area contributed by atoms with E-state index in [0.29, 0.717) is 18.0 Å². The molecule has 7 heteroatoms. The van der Waals surface area contributed by atoms with Crippen LogP contribution in [0.15, 0.2) is 24.4 Å². The molecule has 3 rings (SSSR count). The van der Waals surface area contributed by atoms with E-state index in [1.807, 2.05) is 0 Å². The zero-order chi connectivity index (χ0) is 16.6. The third-order valence-electron chi connectivity index (χ3n) is 3.73. The van der Waals surface area contributed by atoms with E-state index in [4.69, 9.17) is 0 Å². The summed E-state index contributed by atoms with van der Waals surface area (Å²) in [4.78, 5) is 20.7. The fraction of sp³-hybridized carbons (Fsp3) is 0.312. The zero-order valence-corrected chi connectivity index (χ0v) is 12.3. The molecule has 0 aliphatic heterocycles. The number of carbonyl (C=O) groups excluding carboxylic acids is 1. The van der Waals surface area contributed by atoms with Crippen molar-refractivity contribution in [2.45, 2.75) is 25.8 Å². The van der Waals surface area contributed by atoms with Gasteiger partial charge in [0.1, 0.15) is 5.82 Å². The van der Waals surface area contributed by atoms with Crippen molar-refractivity contribution in [3.8, 4) is 0 Å². The van der Waals surface area contributed by atoms with E-state index in [-0.39, 0.29) is 5.92 Å². The smallest absolute Gasteiger partial charge is 0.254 e. The van der Waals surface area contributed by atoms with Gasteiger partial charge in [0, 0.05) is 18.0 Å². The van der Waals surface area contributed by atoms with Gasteiger partial charge in [-0.2, -0.15) is 0 Å². The van der Waals surface area contributed by atoms with Gasteiger partial charge in [-0.3, -0.25) is 4.79 Å². The first-order valence-corrected chi connectivity index (χ1v) is 7.20. The molecular formula is C16H14F3N3O. The lowest BCUT2D eigenvalue weighted by Crippen LogP contribution is -2.32. The van der Waals surface area contributed by atoms with Crippen LogP contribution in [0.2, 0.25) is 0 Å². The van der Waals surface area contributed by atoms with Crippen LogP contribution in [0.1, 0.15) is 40.8 Å². The maximum absolute atomic E-state index is 13.7. The zero-order valence-electron chi connectivity index (χ0n) is 12.3. The fourth-order valence-electron chi connectivity index (χ4n) is 2.36. The Morgan fingerprint density at radius 2 is 1.91 bits per heavy atom. The summed E-state index contributed by atoms with van der Waals surface area (Å²) in [6.07, 6.45) is 3.36. The summed E-state index contributed by atoms with van der Waals surface area (Å²) in [6, 6.07) is 2.17. The first kappa shape index (κ1) is 15.5. The monoisotopic (exact) mass is 321 g/mol. The van der Waals surface area contributed by atoms with Gasteiger partial charge in [-0.05, 0) is 37.8 Å². The summed E-state index contributed by atoms with van der Waals surface area (Å²) in [5.74, 6) is -3.94. The van der Waals surface area contributed by atoms with E-state index in [1.54, 1.807) is 19.2 Å². The molecule has 1 saturated carbocycles. The number of halogens is 3. The number of amides is 1. The van der Waals surface area contributed by atoms with Crippen LogP contribution in [-0.4, -0.2) is 15.9 Å². The van der Waals surface area contributed by atoms with Crippen LogP contribution in [0, 0.1) is 30.3 Å². The van der Waals surface area contributed by atoms with E-state index in [2.05, 4.69) is 15.3 Å². The third-order valence-corrected chi connectivity index (χ3v) is 3.73. The highest BCUT2D eigenvalue weighted by Crippen LogP contribution is 2.40. The number of benzene rings is 1. The van der Waals surface area contributed by atoms with Crippen LogP contribution < -0.4 is 5.32 Å². The maximum atomic E-state index is 13.7. The van der Waals surface area contributed by atoms with Crippen molar-refractivity contribution in [2.24, 2.45) is 5.92 Å². The quantitative estimate of drug-likeness (QED) is 0.881. The Bertz CT molecular complexity index is 762. The van der Waals surface area contributed by atoms with Gasteiger partial charge < -0.3 is 5.32 Å². The van der Waals surface area contributed by atoms with Crippen LogP contribution in [0.4, 0.5) is 13.2 Å². The Morgan fingerprint density at radius 1 is 1.22 bits per heavy atom. The second-order valence-corrected chi connectivity index (χ2v) is 5.59. The molecule has 1 heterocycles. The van der Waals surface area contributed by atoms with Crippen LogP contribution >= 0.6 is 0 Å². The topological polar surface area (TPSA) is 54.9 Å². The van der Waals surface area contributed by atoms with Gasteiger partial charge in [-0.25, -0.2) is 23.1 Å². The lowest BCUT2D eigenvalue weighted by molar-refractivity contribution is 0.0924. The highest BCUT2D eigenvalue weighted by atomic mass is 19.2. The van der Waals surface area contributed by atoms with Crippen molar-refractivity contribution < 1.29 is 18.0 Å². The van der Waals surface area contributed by atoms with Crippen molar-refractivity contribution >= 4 is 5.91 Å². The maximum Gasteiger partial charge on any atom is 0.254 e. The predicted octanol–water partition coefficient (Wildman–Crippen LogP) is 3.08. The third kappa shape index (κ3) is 3.33. The van der Waals surface area contributed by atoms with Crippen LogP contribution in [0.3, 0.4) is 0 Å². The molecule has 1 N–H and O–H groups in total. The molecule has 1 fully saturated rings. The number of hydrogen-bond donors (Lipinski definition) is 1. The van der Waals surface area contributed by atoms with Crippen molar-refractivity contribution in [2.75, 3.05) is 0 Å². The highest BCUT2D eigenvalue weighted by Gasteiger charge is 2.36. The summed E-state index contributed by atoms with van der Waals surface area (Å²) in [7, 11) is 0. The van der Waals surface area contributed by atoms with E-state index in [9.17, 15) is 18.0 Å². The molecule has 1 aromatic heterocycles. The second-order valence-electron chi connectivity index (χ2n) is 5.59. The predicted molar refractivity (Wildman–Crippen MR) is 76.0 cm³/mol. The standard InChI is InChI=1S/C16H14F3N3O/c1-8-4-5-20-15(21-8)14(9-2-3-9)22-16(23)10-6-12(18)13(19)7-11(10)17/h4-7,9,14H,2-3H2,1H3,(H,22,23). The molecular weight excluding hydrogens is 307 g/mol. The van der Waals surface area contributed by atoms with Gasteiger partial charge in [0.2, 0.25) is 0 Å². The number of aryl methyl sites for hydroxylation is 1. The minimum atomic E-state index is -1.33. The summed E-state index contributed by atoms with van der Waals surface area (Å²) in [5.41, 5.74) is 0.205. The molecule has 0 spiro atoms. The summed E-state index contributed by atoms with van der Waals surface area (Å²) >= 11 is 0. The van der Waals surface area contributed by atoms with Gasteiger partial charge >= 0.3 is 0 Å². The molecule has 1 aliphatic carbocycles. The molecule has 120 valence electrons. The Kier molecular flexibility index (Phi) is 4.02. The van der Waals surface area contributed by atoms with E-state index >= 15 is 0 Å². The van der Waals surface area contributed by atoms with Crippen molar-refractivity contribution in [3.63, 3.8) is 0 Å². The van der Waals surface area contributed by atoms with Crippen LogP contribution in [0.5, 0.6) is 0 Å². The van der Waals surface area contributed by atoms with E-state index in [0.717, 1.165) is 18.5 Å². The Morgan fingerprint density at radius 3 is 2.57 bits per heavy atom. The van der Waals surface area contributed by atoms with Gasteiger partial charge in [0.05, 0.1) is 11.6 Å². The first-order valence-electron chi connectivity index (χ1n) is 7.20. The highest BCUT2D eigenvalue weighted by molar-refractivity contribution is 5.94. The van der Waals surface area contributed by atoms with Crippen LogP contribution in [-0.2, 0) is 0 Å². The second kappa shape index (κ2) is 5.98. The number of carbonyl (C=O) groups is 1. The molecule has 0 radical (unpaired) electrons. The number of nitrogens with one attached hydrogen (secondary N) is 1. The molecule has 2 aromatic rings. The molecule has 0 bridgehead atoms. The van der Waals surface area contributed by atoms with Gasteiger partial charge in [0.15, 0.2) is 17.5 Å². The Labute approximate surface area is 130 Å². The van der Waals surface area contributed by atoms with Gasteiger partial charge in [0.25, 0.3) is 5.91 Å². The molecule has 1 aromatic carbocycles. The average Bonchev–Trinajstić information content (AvgIpc) is 3.33. The molecule has 1 aliphatic rings.